The third kappa shape index (κ3) is 4.96. The minimum Gasteiger partial charge on any atom is -0.497 e. The number of aromatic nitrogens is 3. The summed E-state index contributed by atoms with van der Waals surface area (Å²) in [5.41, 5.74) is 3.14. The first-order valence-corrected chi connectivity index (χ1v) is 11.5. The molecule has 35 heavy (non-hydrogen) atoms. The Morgan fingerprint density at radius 2 is 1.60 bits per heavy atom. The smallest absolute Gasteiger partial charge is 0.250 e. The number of anilines is 2. The quantitative estimate of drug-likeness (QED) is 0.410. The van der Waals surface area contributed by atoms with Crippen LogP contribution in [0.5, 0.6) is 11.5 Å². The highest BCUT2D eigenvalue weighted by molar-refractivity contribution is 5.90. The van der Waals surface area contributed by atoms with Crippen molar-refractivity contribution in [1.29, 1.82) is 0 Å². The van der Waals surface area contributed by atoms with E-state index in [0.717, 1.165) is 29.0 Å². The summed E-state index contributed by atoms with van der Waals surface area (Å²) in [7, 11) is 3.27. The van der Waals surface area contributed by atoms with Crippen molar-refractivity contribution in [3.63, 3.8) is 0 Å². The molecule has 1 aliphatic heterocycles. The molecule has 0 unspecified atom stereocenters. The first-order chi connectivity index (χ1) is 17.1. The van der Waals surface area contributed by atoms with Gasteiger partial charge in [0, 0.05) is 0 Å². The van der Waals surface area contributed by atoms with Crippen molar-refractivity contribution in [3.05, 3.63) is 95.6 Å². The van der Waals surface area contributed by atoms with Gasteiger partial charge in [-0.15, -0.1) is 5.10 Å². The van der Waals surface area contributed by atoms with Crippen molar-refractivity contribution in [2.75, 3.05) is 24.9 Å². The summed E-state index contributed by atoms with van der Waals surface area (Å²) in [6.07, 6.45) is 1.00. The van der Waals surface area contributed by atoms with Crippen LogP contribution < -0.4 is 20.1 Å². The van der Waals surface area contributed by atoms with E-state index < -0.39 is 0 Å². The van der Waals surface area contributed by atoms with E-state index in [1.165, 1.54) is 5.56 Å². The Kier molecular flexibility index (Phi) is 6.34. The van der Waals surface area contributed by atoms with Gasteiger partial charge in [0.05, 0.1) is 32.7 Å². The molecule has 0 saturated heterocycles. The zero-order chi connectivity index (χ0) is 24.2. The van der Waals surface area contributed by atoms with Gasteiger partial charge >= 0.3 is 0 Å². The lowest BCUT2D eigenvalue weighted by atomic mass is 9.93. The van der Waals surface area contributed by atoms with Gasteiger partial charge in [-0.2, -0.15) is 4.98 Å². The summed E-state index contributed by atoms with van der Waals surface area (Å²) < 4.78 is 12.4. The van der Waals surface area contributed by atoms with Crippen molar-refractivity contribution in [2.24, 2.45) is 0 Å². The van der Waals surface area contributed by atoms with Crippen molar-refractivity contribution in [1.82, 2.24) is 14.8 Å². The van der Waals surface area contributed by atoms with Gasteiger partial charge < -0.3 is 14.8 Å². The second-order valence-electron chi connectivity index (χ2n) is 8.41. The second kappa shape index (κ2) is 9.89. The lowest BCUT2D eigenvalue weighted by Crippen LogP contribution is -2.28. The summed E-state index contributed by atoms with van der Waals surface area (Å²) in [5, 5.41) is 11.0. The number of benzene rings is 3. The molecule has 2 atom stereocenters. The number of methoxy groups -OCH3 is 2. The number of amides is 1. The summed E-state index contributed by atoms with van der Waals surface area (Å²) >= 11 is 0. The molecule has 0 bridgehead atoms. The highest BCUT2D eigenvalue weighted by Crippen LogP contribution is 2.38. The van der Waals surface area contributed by atoms with Gasteiger partial charge in [0.1, 0.15) is 11.5 Å². The van der Waals surface area contributed by atoms with E-state index >= 15 is 0 Å². The molecule has 2 N–H and O–H groups in total. The van der Waals surface area contributed by atoms with Gasteiger partial charge in [-0.05, 0) is 47.4 Å². The van der Waals surface area contributed by atoms with E-state index in [0.29, 0.717) is 5.95 Å². The molecule has 0 saturated carbocycles. The first-order valence-electron chi connectivity index (χ1n) is 11.5. The molecule has 8 heteroatoms. The Morgan fingerprint density at radius 1 is 0.943 bits per heavy atom. The van der Waals surface area contributed by atoms with E-state index in [2.05, 4.69) is 32.8 Å². The number of ether oxygens (including phenoxy) is 2. The van der Waals surface area contributed by atoms with Crippen LogP contribution in [0.1, 0.15) is 35.2 Å². The number of nitrogens with zero attached hydrogens (tertiary/aromatic N) is 3. The molecule has 8 nitrogen and oxygen atoms in total. The molecule has 178 valence electrons. The van der Waals surface area contributed by atoms with Crippen LogP contribution in [0, 0.1) is 0 Å². The summed E-state index contributed by atoms with van der Waals surface area (Å²) in [6, 6.07) is 25.7. The number of nitrogens with one attached hydrogen (secondary N) is 2. The van der Waals surface area contributed by atoms with Crippen LogP contribution in [0.3, 0.4) is 0 Å². The van der Waals surface area contributed by atoms with Crippen LogP contribution in [0.2, 0.25) is 0 Å². The molecule has 5 rings (SSSR count). The van der Waals surface area contributed by atoms with E-state index in [1.807, 2.05) is 71.4 Å². The standard InChI is InChI=1S/C27H27N5O3/c1-34-21-12-8-18(9-13-21)16-25(33)29-26-30-27-28-23(19-6-4-3-5-7-19)17-24(32(27)31-26)20-10-14-22(35-2)15-11-20/h3-15,23-24H,16-17H2,1-2H3,(H2,28,29,30,31,33)/t23-,24-/m1/s1. The Bertz CT molecular complexity index is 1290. The van der Waals surface area contributed by atoms with Crippen molar-refractivity contribution >= 4 is 17.8 Å². The van der Waals surface area contributed by atoms with Gasteiger partial charge in [0.25, 0.3) is 5.95 Å². The van der Waals surface area contributed by atoms with Crippen LogP contribution in [-0.2, 0) is 11.2 Å². The lowest BCUT2D eigenvalue weighted by molar-refractivity contribution is -0.115. The van der Waals surface area contributed by atoms with Gasteiger partial charge in [-0.1, -0.05) is 54.6 Å². The highest BCUT2D eigenvalue weighted by Gasteiger charge is 2.31. The molecule has 0 aliphatic carbocycles. The van der Waals surface area contributed by atoms with Crippen LogP contribution in [-0.4, -0.2) is 34.9 Å². The Labute approximate surface area is 203 Å². The largest absolute Gasteiger partial charge is 0.497 e. The Balaban J connectivity index is 1.39. The Hall–Kier alpha value is -4.33. The van der Waals surface area contributed by atoms with Crippen LogP contribution >= 0.6 is 0 Å². The number of hydrogen-bond acceptors (Lipinski definition) is 6. The molecule has 2 heterocycles. The summed E-state index contributed by atoms with van der Waals surface area (Å²) in [5.74, 6) is 2.26. The van der Waals surface area contributed by atoms with Crippen molar-refractivity contribution < 1.29 is 14.3 Å². The molecule has 0 spiro atoms. The summed E-state index contributed by atoms with van der Waals surface area (Å²) in [4.78, 5) is 17.3. The van der Waals surface area contributed by atoms with Crippen molar-refractivity contribution in [2.45, 2.75) is 24.9 Å². The van der Waals surface area contributed by atoms with E-state index in [4.69, 9.17) is 9.47 Å². The average molecular weight is 470 g/mol. The summed E-state index contributed by atoms with van der Waals surface area (Å²) in [6.45, 7) is 0. The van der Waals surface area contributed by atoms with Gasteiger partial charge in [0.15, 0.2) is 0 Å². The van der Waals surface area contributed by atoms with Crippen LogP contribution in [0.4, 0.5) is 11.9 Å². The predicted octanol–water partition coefficient (Wildman–Crippen LogP) is 4.62. The number of carbonyl (C=O) groups excluding carboxylic acids is 1. The molecular formula is C27H27N5O3. The zero-order valence-corrected chi connectivity index (χ0v) is 19.6. The van der Waals surface area contributed by atoms with Gasteiger partial charge in [-0.3, -0.25) is 10.1 Å². The normalized spacial score (nSPS) is 16.6. The topological polar surface area (TPSA) is 90.3 Å². The lowest BCUT2D eigenvalue weighted by Gasteiger charge is -2.31. The average Bonchev–Trinajstić information content (AvgIpc) is 3.31. The Morgan fingerprint density at radius 3 is 2.26 bits per heavy atom. The fourth-order valence-corrected chi connectivity index (χ4v) is 4.34. The molecule has 4 aromatic rings. The zero-order valence-electron chi connectivity index (χ0n) is 19.6. The maximum atomic E-state index is 12.7. The number of hydrogen-bond donors (Lipinski definition) is 2. The molecule has 1 aromatic heterocycles. The monoisotopic (exact) mass is 469 g/mol. The van der Waals surface area contributed by atoms with Gasteiger partial charge in [-0.25, -0.2) is 4.68 Å². The third-order valence-corrected chi connectivity index (χ3v) is 6.17. The maximum Gasteiger partial charge on any atom is 0.250 e. The SMILES string of the molecule is COc1ccc(CC(=O)Nc2nc3n(n2)[C@@H](c2ccc(OC)cc2)C[C@H](c2ccccc2)N3)cc1. The first kappa shape index (κ1) is 22.5. The maximum absolute atomic E-state index is 12.7. The van der Waals surface area contributed by atoms with Crippen LogP contribution in [0.25, 0.3) is 0 Å². The molecule has 1 aliphatic rings. The molecule has 1 amide bonds. The molecule has 3 aromatic carbocycles. The van der Waals surface area contributed by atoms with Crippen molar-refractivity contribution in [3.8, 4) is 11.5 Å². The predicted molar refractivity (Wildman–Crippen MR) is 134 cm³/mol. The van der Waals surface area contributed by atoms with Crippen LogP contribution in [0.15, 0.2) is 78.9 Å². The second-order valence-corrected chi connectivity index (χ2v) is 8.41. The van der Waals surface area contributed by atoms with E-state index in [-0.39, 0.29) is 30.4 Å². The highest BCUT2D eigenvalue weighted by atomic mass is 16.5. The fraction of sp³-hybridized carbons (Fsp3) is 0.222. The van der Waals surface area contributed by atoms with Gasteiger partial charge in [0.2, 0.25) is 11.9 Å². The molecular weight excluding hydrogens is 442 g/mol. The molecule has 0 radical (unpaired) electrons. The number of rotatable bonds is 7. The minimum atomic E-state index is -0.182. The number of fused-ring (bicyclic) bond motifs is 1. The fourth-order valence-electron chi connectivity index (χ4n) is 4.34. The number of carbonyl (C=O) groups is 1. The molecule has 0 fully saturated rings. The minimum absolute atomic E-state index is 0.0536. The third-order valence-electron chi connectivity index (χ3n) is 6.17. The van der Waals surface area contributed by atoms with E-state index in [1.54, 1.807) is 14.2 Å². The van der Waals surface area contributed by atoms with E-state index in [9.17, 15) is 4.79 Å².